The number of hydrogen-bond acceptors (Lipinski definition) is 8. The van der Waals surface area contributed by atoms with E-state index in [-0.39, 0.29) is 35.3 Å². The van der Waals surface area contributed by atoms with Crippen LogP contribution in [0.1, 0.15) is 62.5 Å². The van der Waals surface area contributed by atoms with Crippen molar-refractivity contribution in [3.05, 3.63) is 67.8 Å². The van der Waals surface area contributed by atoms with Gasteiger partial charge in [0.15, 0.2) is 0 Å². The molecule has 2 aromatic rings. The number of nitro benzene ring substituents is 2. The van der Waals surface area contributed by atoms with E-state index in [2.05, 4.69) is 21.3 Å². The number of anilines is 2. The van der Waals surface area contributed by atoms with Crippen LogP contribution in [-0.2, 0) is 17.1 Å². The normalized spacial score (nSPS) is 21.5. The van der Waals surface area contributed by atoms with Crippen molar-refractivity contribution in [2.75, 3.05) is 31.3 Å². The van der Waals surface area contributed by atoms with Gasteiger partial charge in [-0.2, -0.15) is 26.3 Å². The van der Waals surface area contributed by atoms with Crippen molar-refractivity contribution in [3.8, 4) is 0 Å². The van der Waals surface area contributed by atoms with Gasteiger partial charge in [-0.05, 0) is 95.1 Å². The SMILES string of the molecule is CNC(=O)C1CCC(Nc2ccc([N+](=O)[O-])c(C(F)(F)F)c2)CC1.CNCC1CCC(Nc2ccc([N+](=O)[O-])c(C(F)(F)F)c2)CC1. The molecule has 260 valence electrons. The monoisotopic (exact) mass is 676 g/mol. The van der Waals surface area contributed by atoms with Gasteiger partial charge in [-0.25, -0.2) is 0 Å². The maximum absolute atomic E-state index is 13.0. The molecular weight excluding hydrogens is 638 g/mol. The number of benzene rings is 2. The van der Waals surface area contributed by atoms with Crippen molar-refractivity contribution in [1.29, 1.82) is 0 Å². The van der Waals surface area contributed by atoms with E-state index >= 15 is 0 Å². The van der Waals surface area contributed by atoms with E-state index in [1.165, 1.54) is 12.1 Å². The summed E-state index contributed by atoms with van der Waals surface area (Å²) >= 11 is 0. The molecule has 0 heterocycles. The Morgan fingerprint density at radius 2 is 1.13 bits per heavy atom. The van der Waals surface area contributed by atoms with Crippen LogP contribution in [0.2, 0.25) is 0 Å². The van der Waals surface area contributed by atoms with Crippen LogP contribution in [0, 0.1) is 32.1 Å². The molecule has 0 saturated heterocycles. The Labute approximate surface area is 267 Å². The summed E-state index contributed by atoms with van der Waals surface area (Å²) in [5.74, 6) is 0.499. The molecule has 0 radical (unpaired) electrons. The summed E-state index contributed by atoms with van der Waals surface area (Å²) in [7, 11) is 3.47. The number of hydrogen-bond donors (Lipinski definition) is 4. The van der Waals surface area contributed by atoms with Gasteiger partial charge in [-0.1, -0.05) is 0 Å². The number of nitro groups is 2. The van der Waals surface area contributed by atoms with E-state index in [4.69, 9.17) is 0 Å². The first-order chi connectivity index (χ1) is 22.0. The zero-order chi connectivity index (χ0) is 34.9. The Bertz CT molecular complexity index is 1390. The van der Waals surface area contributed by atoms with Crippen LogP contribution in [0.4, 0.5) is 49.1 Å². The van der Waals surface area contributed by atoms with E-state index < -0.39 is 44.7 Å². The van der Waals surface area contributed by atoms with Crippen LogP contribution in [-0.4, -0.2) is 48.5 Å². The minimum atomic E-state index is -4.79. The third kappa shape index (κ3) is 10.7. The molecule has 4 N–H and O–H groups in total. The van der Waals surface area contributed by atoms with E-state index in [0.29, 0.717) is 31.6 Å². The number of nitrogens with one attached hydrogen (secondary N) is 4. The molecule has 1 amide bonds. The molecule has 2 saturated carbocycles. The van der Waals surface area contributed by atoms with Crippen molar-refractivity contribution in [1.82, 2.24) is 10.6 Å². The van der Waals surface area contributed by atoms with Crippen molar-refractivity contribution in [2.45, 2.75) is 75.8 Å². The highest BCUT2D eigenvalue weighted by molar-refractivity contribution is 5.78. The maximum Gasteiger partial charge on any atom is 0.423 e. The van der Waals surface area contributed by atoms with Gasteiger partial charge in [0.25, 0.3) is 11.4 Å². The van der Waals surface area contributed by atoms with Crippen LogP contribution in [0.15, 0.2) is 36.4 Å². The smallest absolute Gasteiger partial charge is 0.382 e. The first-order valence-corrected chi connectivity index (χ1v) is 15.1. The fraction of sp³-hybridized carbons (Fsp3) is 0.567. The summed E-state index contributed by atoms with van der Waals surface area (Å²) in [6.45, 7) is 0.947. The third-order valence-corrected chi connectivity index (χ3v) is 8.42. The summed E-state index contributed by atoms with van der Waals surface area (Å²) in [5, 5.41) is 33.3. The van der Waals surface area contributed by atoms with Crippen LogP contribution in [0.25, 0.3) is 0 Å². The Kier molecular flexibility index (Phi) is 12.8. The van der Waals surface area contributed by atoms with Gasteiger partial charge in [0.1, 0.15) is 11.1 Å². The minimum Gasteiger partial charge on any atom is -0.382 e. The molecule has 0 bridgehead atoms. The van der Waals surface area contributed by atoms with Gasteiger partial charge >= 0.3 is 12.4 Å². The Morgan fingerprint density at radius 3 is 1.47 bits per heavy atom. The average molecular weight is 677 g/mol. The van der Waals surface area contributed by atoms with E-state index in [9.17, 15) is 51.4 Å². The predicted octanol–water partition coefficient (Wildman–Crippen LogP) is 7.13. The maximum atomic E-state index is 13.0. The molecule has 11 nitrogen and oxygen atoms in total. The lowest BCUT2D eigenvalue weighted by molar-refractivity contribution is -0.388. The molecule has 0 spiro atoms. The standard InChI is InChI=1S/C15H18F3N3O3.C15H20F3N3O2/c1-19-14(22)9-2-4-10(5-3-9)20-11-6-7-13(21(23)24)12(8-11)15(16,17)18;1-19-9-10-2-4-11(5-3-10)20-12-6-7-14(21(22)23)13(8-12)15(16,17)18/h6-10,20H,2-5H2,1H3,(H,19,22);6-8,10-11,19-20H,2-5,9H2,1H3. The molecule has 2 fully saturated rings. The fourth-order valence-electron chi connectivity index (χ4n) is 6.00. The molecule has 17 heteroatoms. The lowest BCUT2D eigenvalue weighted by Crippen LogP contribution is -2.34. The summed E-state index contributed by atoms with van der Waals surface area (Å²) in [5.41, 5.74) is -3.89. The number of carbonyl (C=O) groups excluding carboxylic acids is 1. The lowest BCUT2D eigenvalue weighted by atomic mass is 9.85. The third-order valence-electron chi connectivity index (χ3n) is 8.42. The highest BCUT2D eigenvalue weighted by Gasteiger charge is 2.39. The zero-order valence-corrected chi connectivity index (χ0v) is 25.8. The highest BCUT2D eigenvalue weighted by atomic mass is 19.4. The van der Waals surface area contributed by atoms with Gasteiger partial charge in [0.05, 0.1) is 9.85 Å². The summed E-state index contributed by atoms with van der Waals surface area (Å²) in [4.78, 5) is 31.0. The average Bonchev–Trinajstić information content (AvgIpc) is 3.01. The molecule has 0 atom stereocenters. The van der Waals surface area contributed by atoms with E-state index in [0.717, 1.165) is 56.5 Å². The van der Waals surface area contributed by atoms with Crippen LogP contribution in [0.5, 0.6) is 0 Å². The number of halogens is 6. The summed E-state index contributed by atoms with van der Waals surface area (Å²) < 4.78 is 77.8. The van der Waals surface area contributed by atoms with Gasteiger partial charge < -0.3 is 21.3 Å². The number of nitrogens with zero attached hydrogens (tertiary/aromatic N) is 2. The second-order valence-electron chi connectivity index (χ2n) is 11.7. The topological polar surface area (TPSA) is 151 Å². The van der Waals surface area contributed by atoms with Gasteiger partial charge in [-0.15, -0.1) is 0 Å². The summed E-state index contributed by atoms with van der Waals surface area (Å²) in [6, 6.07) is 6.03. The number of amides is 1. The fourth-order valence-corrected chi connectivity index (χ4v) is 6.00. The number of carbonyl (C=O) groups is 1. The van der Waals surface area contributed by atoms with Crippen LogP contribution in [0.3, 0.4) is 0 Å². The van der Waals surface area contributed by atoms with Crippen molar-refractivity contribution < 1.29 is 41.0 Å². The van der Waals surface area contributed by atoms with Gasteiger partial charge in [-0.3, -0.25) is 25.0 Å². The van der Waals surface area contributed by atoms with Crippen molar-refractivity contribution >= 4 is 28.7 Å². The predicted molar refractivity (Wildman–Crippen MR) is 163 cm³/mol. The van der Waals surface area contributed by atoms with Gasteiger partial charge in [0.2, 0.25) is 5.91 Å². The lowest BCUT2D eigenvalue weighted by Gasteiger charge is -2.29. The first kappa shape index (κ1) is 37.3. The molecule has 2 aliphatic rings. The van der Waals surface area contributed by atoms with Crippen molar-refractivity contribution in [2.24, 2.45) is 11.8 Å². The molecular formula is C30H38F6N6O5. The molecule has 0 unspecified atom stereocenters. The quantitative estimate of drug-likeness (QED) is 0.124. The van der Waals surface area contributed by atoms with E-state index in [1.54, 1.807) is 7.05 Å². The minimum absolute atomic E-state index is 0.0249. The molecule has 47 heavy (non-hydrogen) atoms. The first-order valence-electron chi connectivity index (χ1n) is 15.1. The van der Waals surface area contributed by atoms with Crippen LogP contribution < -0.4 is 21.3 Å². The molecule has 0 aromatic heterocycles. The van der Waals surface area contributed by atoms with Gasteiger partial charge in [0, 0.05) is 48.6 Å². The Balaban J connectivity index is 0.000000256. The molecule has 0 aliphatic heterocycles. The molecule has 2 aliphatic carbocycles. The second-order valence-corrected chi connectivity index (χ2v) is 11.7. The number of rotatable bonds is 9. The Morgan fingerprint density at radius 1 is 0.723 bits per heavy atom. The summed E-state index contributed by atoms with van der Waals surface area (Å²) in [6.07, 6.45) is -3.16. The van der Waals surface area contributed by atoms with Crippen molar-refractivity contribution in [3.63, 3.8) is 0 Å². The highest BCUT2D eigenvalue weighted by Crippen LogP contribution is 2.39. The second kappa shape index (κ2) is 16.1. The largest absolute Gasteiger partial charge is 0.423 e. The molecule has 2 aromatic carbocycles. The van der Waals surface area contributed by atoms with E-state index in [1.807, 2.05) is 7.05 Å². The van der Waals surface area contributed by atoms with Crippen LogP contribution >= 0.6 is 0 Å². The number of alkyl halides is 6. The Hall–Kier alpha value is -4.15. The molecule has 4 rings (SSSR count). The zero-order valence-electron chi connectivity index (χ0n) is 25.8.